The van der Waals surface area contributed by atoms with E-state index in [0.717, 1.165) is 6.20 Å². The lowest BCUT2D eigenvalue weighted by molar-refractivity contribution is -0.121. The minimum Gasteiger partial charge on any atom is -0.463 e. The third kappa shape index (κ3) is 4.02. The fraction of sp³-hybridized carbons (Fsp3) is 0.300. The predicted molar refractivity (Wildman–Crippen MR) is 107 cm³/mol. The van der Waals surface area contributed by atoms with Crippen molar-refractivity contribution in [2.24, 2.45) is 11.7 Å². The van der Waals surface area contributed by atoms with Crippen molar-refractivity contribution in [1.29, 1.82) is 0 Å². The van der Waals surface area contributed by atoms with Gasteiger partial charge in [-0.25, -0.2) is 14.2 Å². The van der Waals surface area contributed by atoms with Gasteiger partial charge in [0, 0.05) is 23.0 Å². The van der Waals surface area contributed by atoms with Gasteiger partial charge in [-0.3, -0.25) is 4.79 Å². The maximum absolute atomic E-state index is 14.2. The number of primary amides is 1. The second kappa shape index (κ2) is 7.97. The highest BCUT2D eigenvalue weighted by Gasteiger charge is 2.29. The van der Waals surface area contributed by atoms with Crippen LogP contribution in [0.5, 0.6) is 0 Å². The normalized spacial score (nSPS) is 18.3. The molecule has 0 unspecified atom stereocenters. The summed E-state index contributed by atoms with van der Waals surface area (Å²) in [5.41, 5.74) is 6.50. The van der Waals surface area contributed by atoms with Crippen LogP contribution in [-0.2, 0) is 9.53 Å². The molecule has 4 N–H and O–H groups in total. The molecule has 1 saturated carbocycles. The Bertz CT molecular complexity index is 1120. The van der Waals surface area contributed by atoms with Crippen LogP contribution in [0.25, 0.3) is 11.0 Å². The van der Waals surface area contributed by atoms with E-state index in [0.29, 0.717) is 35.9 Å². The molecule has 9 nitrogen and oxygen atoms in total. The molecule has 2 heterocycles. The Labute approximate surface area is 170 Å². The number of carbonyl (C=O) groups is 2. The number of hydrogen-bond donors (Lipinski definition) is 3. The molecular formula is C20H20FN5O4. The maximum Gasteiger partial charge on any atom is 0.373 e. The Morgan fingerprint density at radius 1 is 1.30 bits per heavy atom. The Kier molecular flexibility index (Phi) is 5.21. The van der Waals surface area contributed by atoms with Gasteiger partial charge in [0.15, 0.2) is 11.6 Å². The van der Waals surface area contributed by atoms with Crippen LogP contribution in [0.3, 0.4) is 0 Å². The molecule has 10 heteroatoms. The predicted octanol–water partition coefficient (Wildman–Crippen LogP) is 2.96. The summed E-state index contributed by atoms with van der Waals surface area (Å²) < 4.78 is 24.3. The average Bonchev–Trinajstić information content (AvgIpc) is 3.36. The molecule has 156 valence electrons. The first-order valence-corrected chi connectivity index (χ1v) is 9.40. The van der Waals surface area contributed by atoms with Gasteiger partial charge in [0.05, 0.1) is 13.3 Å². The summed E-state index contributed by atoms with van der Waals surface area (Å²) in [6.07, 6.45) is 2.99. The number of methoxy groups -OCH3 is 1. The van der Waals surface area contributed by atoms with Crippen LogP contribution in [0, 0.1) is 11.7 Å². The Morgan fingerprint density at radius 2 is 2.13 bits per heavy atom. The number of amides is 1. The lowest BCUT2D eigenvalue weighted by Gasteiger charge is -2.14. The van der Waals surface area contributed by atoms with Gasteiger partial charge >= 0.3 is 5.97 Å². The van der Waals surface area contributed by atoms with Crippen LogP contribution in [0.4, 0.5) is 21.8 Å². The molecule has 2 atom stereocenters. The summed E-state index contributed by atoms with van der Waals surface area (Å²) in [5, 5.41) is 6.72. The monoisotopic (exact) mass is 413 g/mol. The van der Waals surface area contributed by atoms with Gasteiger partial charge in [0.1, 0.15) is 5.58 Å². The minimum atomic E-state index is -0.587. The summed E-state index contributed by atoms with van der Waals surface area (Å²) in [6.45, 7) is 0. The second-order valence-electron chi connectivity index (χ2n) is 7.12. The van der Waals surface area contributed by atoms with Gasteiger partial charge in [-0.1, -0.05) is 0 Å². The number of fused-ring (bicyclic) bond motifs is 1. The number of nitrogens with zero attached hydrogens (tertiary/aromatic N) is 2. The molecule has 1 aliphatic carbocycles. The van der Waals surface area contributed by atoms with Crippen molar-refractivity contribution >= 4 is 40.3 Å². The van der Waals surface area contributed by atoms with Crippen molar-refractivity contribution in [3.8, 4) is 0 Å². The van der Waals surface area contributed by atoms with Crippen LogP contribution >= 0.6 is 0 Å². The number of carbonyl (C=O) groups excluding carboxylic acids is 2. The summed E-state index contributed by atoms with van der Waals surface area (Å²) >= 11 is 0. The minimum absolute atomic E-state index is 0.0555. The molecule has 2 aromatic heterocycles. The maximum atomic E-state index is 14.2. The molecule has 0 saturated heterocycles. The molecule has 30 heavy (non-hydrogen) atoms. The third-order valence-corrected chi connectivity index (χ3v) is 5.08. The Morgan fingerprint density at radius 3 is 2.87 bits per heavy atom. The largest absolute Gasteiger partial charge is 0.463 e. The number of furan rings is 1. The van der Waals surface area contributed by atoms with Gasteiger partial charge in [0.2, 0.25) is 17.6 Å². The molecule has 0 bridgehead atoms. The molecule has 4 rings (SSSR count). The fourth-order valence-electron chi connectivity index (χ4n) is 3.54. The molecule has 0 radical (unpaired) electrons. The van der Waals surface area contributed by atoms with E-state index in [4.69, 9.17) is 10.2 Å². The Hall–Kier alpha value is -3.69. The molecule has 0 aliphatic heterocycles. The molecule has 1 aliphatic rings. The number of nitrogens with two attached hydrogens (primary N) is 1. The SMILES string of the molecule is COC(=O)c1cc2cc(Nc3ncc(F)c(N[C@H]4CC[C@@H](C(N)=O)C4)n3)ccc2o1. The lowest BCUT2D eigenvalue weighted by atomic mass is 10.1. The number of anilines is 3. The van der Waals surface area contributed by atoms with Gasteiger partial charge < -0.3 is 25.5 Å². The highest BCUT2D eigenvalue weighted by atomic mass is 19.1. The van der Waals surface area contributed by atoms with Crippen LogP contribution < -0.4 is 16.4 Å². The third-order valence-electron chi connectivity index (χ3n) is 5.08. The first-order valence-electron chi connectivity index (χ1n) is 9.40. The number of nitrogens with one attached hydrogen (secondary N) is 2. The number of halogens is 1. The molecular weight excluding hydrogens is 393 g/mol. The number of esters is 1. The molecule has 1 aromatic carbocycles. The van der Waals surface area contributed by atoms with Crippen molar-refractivity contribution in [3.63, 3.8) is 0 Å². The number of ether oxygens (including phenoxy) is 1. The summed E-state index contributed by atoms with van der Waals surface area (Å²) in [6, 6.07) is 6.65. The quantitative estimate of drug-likeness (QED) is 0.526. The number of rotatable bonds is 6. The van der Waals surface area contributed by atoms with Gasteiger partial charge in [0.25, 0.3) is 0 Å². The molecule has 1 amide bonds. The topological polar surface area (TPSA) is 132 Å². The molecule has 1 fully saturated rings. The van der Waals surface area contributed by atoms with Gasteiger partial charge in [-0.05, 0) is 43.5 Å². The second-order valence-corrected chi connectivity index (χ2v) is 7.12. The first-order chi connectivity index (χ1) is 14.4. The van der Waals surface area contributed by atoms with Crippen LogP contribution in [0.2, 0.25) is 0 Å². The van der Waals surface area contributed by atoms with E-state index in [9.17, 15) is 14.0 Å². The number of benzene rings is 1. The van der Waals surface area contributed by atoms with E-state index < -0.39 is 11.8 Å². The zero-order valence-corrected chi connectivity index (χ0v) is 16.1. The van der Waals surface area contributed by atoms with Crippen LogP contribution in [-0.4, -0.2) is 35.0 Å². The van der Waals surface area contributed by atoms with Crippen molar-refractivity contribution in [3.05, 3.63) is 42.0 Å². The van der Waals surface area contributed by atoms with E-state index in [-0.39, 0.29) is 35.4 Å². The Balaban J connectivity index is 1.50. The standard InChI is InChI=1S/C20H20FN5O4/c1-29-19(28)16-8-11-7-13(4-5-15(11)30-16)25-20-23-9-14(21)18(26-20)24-12-3-2-10(6-12)17(22)27/h4-5,7-10,12H,2-3,6H2,1H3,(H2,22,27)(H2,23,24,25,26)/t10-,12+/m1/s1. The van der Waals surface area contributed by atoms with Crippen molar-refractivity contribution in [1.82, 2.24) is 9.97 Å². The average molecular weight is 413 g/mol. The lowest BCUT2D eigenvalue weighted by Crippen LogP contribution is -2.23. The van der Waals surface area contributed by atoms with Crippen molar-refractivity contribution in [2.75, 3.05) is 17.7 Å². The van der Waals surface area contributed by atoms with Crippen molar-refractivity contribution in [2.45, 2.75) is 25.3 Å². The zero-order chi connectivity index (χ0) is 21.3. The van der Waals surface area contributed by atoms with Crippen molar-refractivity contribution < 1.29 is 23.1 Å². The summed E-state index contributed by atoms with van der Waals surface area (Å²) in [7, 11) is 1.28. The number of aromatic nitrogens is 2. The highest BCUT2D eigenvalue weighted by Crippen LogP contribution is 2.29. The summed E-state index contributed by atoms with van der Waals surface area (Å²) in [5.74, 6) is -1.35. The molecule has 3 aromatic rings. The highest BCUT2D eigenvalue weighted by molar-refractivity contribution is 5.93. The van der Waals surface area contributed by atoms with E-state index in [1.807, 2.05) is 0 Å². The number of hydrogen-bond acceptors (Lipinski definition) is 8. The first kappa shape index (κ1) is 19.6. The van der Waals surface area contributed by atoms with E-state index in [1.54, 1.807) is 24.3 Å². The zero-order valence-electron chi connectivity index (χ0n) is 16.1. The van der Waals surface area contributed by atoms with E-state index in [2.05, 4.69) is 25.3 Å². The van der Waals surface area contributed by atoms with Crippen LogP contribution in [0.15, 0.2) is 34.9 Å². The van der Waals surface area contributed by atoms with Crippen LogP contribution in [0.1, 0.15) is 29.8 Å². The van der Waals surface area contributed by atoms with Gasteiger partial charge in [-0.15, -0.1) is 0 Å². The fourth-order valence-corrected chi connectivity index (χ4v) is 3.54. The smallest absolute Gasteiger partial charge is 0.373 e. The van der Waals surface area contributed by atoms with Gasteiger partial charge in [-0.2, -0.15) is 4.98 Å². The summed E-state index contributed by atoms with van der Waals surface area (Å²) in [4.78, 5) is 31.1. The van der Waals surface area contributed by atoms with E-state index >= 15 is 0 Å². The van der Waals surface area contributed by atoms with E-state index in [1.165, 1.54) is 7.11 Å². The molecule has 0 spiro atoms.